The number of benzene rings is 1. The summed E-state index contributed by atoms with van der Waals surface area (Å²) in [7, 11) is 0. The van der Waals surface area contributed by atoms with Crippen LogP contribution in [0.25, 0.3) is 0 Å². The number of carbonyl (C=O) groups excluding carboxylic acids is 3. The zero-order valence-electron chi connectivity index (χ0n) is 15.5. The van der Waals surface area contributed by atoms with Crippen LogP contribution in [0.2, 0.25) is 0 Å². The molecule has 0 radical (unpaired) electrons. The molecule has 0 bridgehead atoms. The Morgan fingerprint density at radius 2 is 2.08 bits per heavy atom. The summed E-state index contributed by atoms with van der Waals surface area (Å²) in [5, 5.41) is 3.35. The molecule has 1 aromatic rings. The zero-order valence-corrected chi connectivity index (χ0v) is 16.3. The van der Waals surface area contributed by atoms with Gasteiger partial charge < -0.3 is 10.1 Å². The van der Waals surface area contributed by atoms with Crippen molar-refractivity contribution in [2.75, 3.05) is 18.9 Å². The van der Waals surface area contributed by atoms with Crippen LogP contribution in [0.1, 0.15) is 36.6 Å². The van der Waals surface area contributed by atoms with Crippen LogP contribution in [-0.2, 0) is 19.1 Å². The summed E-state index contributed by atoms with van der Waals surface area (Å²) in [6.07, 6.45) is 1.26. The standard InChI is InChI=1S/C19H24N2O4S/c1-5-25-19(24)9-18-21(17(23)11-26-18)10-16(22)20-14(4)15-7-6-12(2)13(3)8-15/h6-9,14H,5,10-11H2,1-4H3,(H,20,22)/b18-9+/t14-/m0/s1. The van der Waals surface area contributed by atoms with Crippen LogP contribution in [0.5, 0.6) is 0 Å². The van der Waals surface area contributed by atoms with Gasteiger partial charge in [-0.3, -0.25) is 14.5 Å². The fraction of sp³-hybridized carbons (Fsp3) is 0.421. The molecule has 26 heavy (non-hydrogen) atoms. The smallest absolute Gasteiger partial charge is 0.333 e. The number of hydrogen-bond acceptors (Lipinski definition) is 5. The van der Waals surface area contributed by atoms with Gasteiger partial charge in [-0.2, -0.15) is 0 Å². The fourth-order valence-corrected chi connectivity index (χ4v) is 3.46. The van der Waals surface area contributed by atoms with Crippen LogP contribution in [0.3, 0.4) is 0 Å². The summed E-state index contributed by atoms with van der Waals surface area (Å²) < 4.78 is 4.87. The van der Waals surface area contributed by atoms with Gasteiger partial charge in [0.25, 0.3) is 0 Å². The second-order valence-corrected chi connectivity index (χ2v) is 7.13. The molecule has 0 saturated carbocycles. The van der Waals surface area contributed by atoms with Crippen LogP contribution in [-0.4, -0.2) is 41.6 Å². The third-order valence-electron chi connectivity index (χ3n) is 4.15. The highest BCUT2D eigenvalue weighted by molar-refractivity contribution is 8.04. The first-order chi connectivity index (χ1) is 12.3. The molecule has 1 aliphatic heterocycles. The summed E-state index contributed by atoms with van der Waals surface area (Å²) in [5.74, 6) is -0.773. The average Bonchev–Trinajstić information content (AvgIpc) is 2.90. The second-order valence-electron chi connectivity index (χ2n) is 6.14. The van der Waals surface area contributed by atoms with E-state index in [2.05, 4.69) is 5.32 Å². The third-order valence-corrected chi connectivity index (χ3v) is 5.17. The maximum absolute atomic E-state index is 12.4. The molecule has 1 atom stereocenters. The number of nitrogens with zero attached hydrogens (tertiary/aromatic N) is 1. The zero-order chi connectivity index (χ0) is 19.3. The summed E-state index contributed by atoms with van der Waals surface area (Å²) in [6, 6.07) is 5.87. The summed E-state index contributed by atoms with van der Waals surface area (Å²) in [4.78, 5) is 37.3. The molecule has 1 saturated heterocycles. The molecule has 2 amide bonds. The number of rotatable bonds is 6. The van der Waals surface area contributed by atoms with E-state index in [1.165, 1.54) is 28.3 Å². The molecule has 0 aliphatic carbocycles. The van der Waals surface area contributed by atoms with Crippen LogP contribution in [0.15, 0.2) is 29.3 Å². The number of carbonyl (C=O) groups is 3. The third kappa shape index (κ3) is 5.11. The summed E-state index contributed by atoms with van der Waals surface area (Å²) in [6.45, 7) is 7.82. The van der Waals surface area contributed by atoms with Crippen LogP contribution >= 0.6 is 11.8 Å². The molecule has 1 fully saturated rings. The second kappa shape index (κ2) is 8.89. The largest absolute Gasteiger partial charge is 0.463 e. The predicted molar refractivity (Wildman–Crippen MR) is 101 cm³/mol. The van der Waals surface area contributed by atoms with E-state index in [-0.39, 0.29) is 36.8 Å². The molecule has 1 heterocycles. The van der Waals surface area contributed by atoms with Gasteiger partial charge in [0.1, 0.15) is 6.54 Å². The average molecular weight is 376 g/mol. The SMILES string of the molecule is CCOC(=O)/C=C1/SCC(=O)N1CC(=O)N[C@@H](C)c1ccc(C)c(C)c1. The van der Waals surface area contributed by atoms with Gasteiger partial charge in [0.2, 0.25) is 11.8 Å². The number of hydrogen-bond donors (Lipinski definition) is 1. The molecular formula is C19H24N2O4S. The first kappa shape index (κ1) is 20.0. The minimum absolute atomic E-state index is 0.119. The van der Waals surface area contributed by atoms with Gasteiger partial charge in [0.15, 0.2) is 0 Å². The minimum atomic E-state index is -0.515. The summed E-state index contributed by atoms with van der Waals surface area (Å²) >= 11 is 1.23. The molecule has 2 rings (SSSR count). The van der Waals surface area contributed by atoms with Crippen molar-refractivity contribution in [2.24, 2.45) is 0 Å². The van der Waals surface area contributed by atoms with Gasteiger partial charge in [0, 0.05) is 0 Å². The van der Waals surface area contributed by atoms with Crippen molar-refractivity contribution in [3.8, 4) is 0 Å². The number of ether oxygens (including phenoxy) is 1. The van der Waals surface area contributed by atoms with Crippen molar-refractivity contribution in [3.63, 3.8) is 0 Å². The highest BCUT2D eigenvalue weighted by Crippen LogP contribution is 2.28. The molecule has 7 heteroatoms. The Bertz CT molecular complexity index is 745. The van der Waals surface area contributed by atoms with Crippen molar-refractivity contribution >= 4 is 29.5 Å². The Balaban J connectivity index is 2.01. The first-order valence-corrected chi connectivity index (χ1v) is 9.48. The Kier molecular flexibility index (Phi) is 6.85. The van der Waals surface area contributed by atoms with E-state index in [1.807, 2.05) is 39.0 Å². The Morgan fingerprint density at radius 1 is 1.35 bits per heavy atom. The lowest BCUT2D eigenvalue weighted by Gasteiger charge is -2.20. The van der Waals surface area contributed by atoms with E-state index in [0.29, 0.717) is 5.03 Å². The van der Waals surface area contributed by atoms with Crippen LogP contribution in [0.4, 0.5) is 0 Å². The van der Waals surface area contributed by atoms with Gasteiger partial charge >= 0.3 is 5.97 Å². The Hall–Kier alpha value is -2.28. The molecule has 0 aromatic heterocycles. The molecular weight excluding hydrogens is 352 g/mol. The van der Waals surface area contributed by atoms with Gasteiger partial charge in [-0.05, 0) is 44.4 Å². The van der Waals surface area contributed by atoms with Gasteiger partial charge in [-0.15, -0.1) is 0 Å². The maximum Gasteiger partial charge on any atom is 0.333 e. The molecule has 0 unspecified atom stereocenters. The van der Waals surface area contributed by atoms with Crippen molar-refractivity contribution < 1.29 is 19.1 Å². The number of nitrogens with one attached hydrogen (secondary N) is 1. The van der Waals surface area contributed by atoms with Crippen LogP contribution in [0, 0.1) is 13.8 Å². The molecule has 140 valence electrons. The molecule has 6 nitrogen and oxygen atoms in total. The molecule has 1 aliphatic rings. The highest BCUT2D eigenvalue weighted by atomic mass is 32.2. The normalized spacial score (nSPS) is 16.7. The summed E-state index contributed by atoms with van der Waals surface area (Å²) in [5.41, 5.74) is 3.36. The predicted octanol–water partition coefficient (Wildman–Crippen LogP) is 2.46. The topological polar surface area (TPSA) is 75.7 Å². The molecule has 0 spiro atoms. The highest BCUT2D eigenvalue weighted by Gasteiger charge is 2.29. The quantitative estimate of drug-likeness (QED) is 0.610. The van der Waals surface area contributed by atoms with E-state index in [4.69, 9.17) is 4.74 Å². The lowest BCUT2D eigenvalue weighted by atomic mass is 10.0. The monoisotopic (exact) mass is 376 g/mol. The molecule has 1 aromatic carbocycles. The number of amides is 2. The van der Waals surface area contributed by atoms with Gasteiger partial charge in [0.05, 0.1) is 29.5 Å². The lowest BCUT2D eigenvalue weighted by Crippen LogP contribution is -2.38. The van der Waals surface area contributed by atoms with Crippen molar-refractivity contribution in [1.29, 1.82) is 0 Å². The Morgan fingerprint density at radius 3 is 2.73 bits per heavy atom. The number of aryl methyl sites for hydroxylation is 2. The lowest BCUT2D eigenvalue weighted by molar-refractivity contribution is -0.137. The number of esters is 1. The first-order valence-electron chi connectivity index (χ1n) is 8.50. The minimum Gasteiger partial charge on any atom is -0.463 e. The van der Waals surface area contributed by atoms with Crippen molar-refractivity contribution in [1.82, 2.24) is 10.2 Å². The Labute approximate surface area is 158 Å². The van der Waals surface area contributed by atoms with E-state index >= 15 is 0 Å². The van der Waals surface area contributed by atoms with Gasteiger partial charge in [-0.1, -0.05) is 30.0 Å². The van der Waals surface area contributed by atoms with E-state index in [0.717, 1.165) is 11.1 Å². The van der Waals surface area contributed by atoms with E-state index < -0.39 is 5.97 Å². The van der Waals surface area contributed by atoms with Crippen molar-refractivity contribution in [3.05, 3.63) is 46.0 Å². The fourth-order valence-electron chi connectivity index (χ4n) is 2.53. The van der Waals surface area contributed by atoms with E-state index in [1.54, 1.807) is 6.92 Å². The van der Waals surface area contributed by atoms with E-state index in [9.17, 15) is 14.4 Å². The molecule has 1 N–H and O–H groups in total. The van der Waals surface area contributed by atoms with Gasteiger partial charge in [-0.25, -0.2) is 4.79 Å². The number of thioether (sulfide) groups is 1. The van der Waals surface area contributed by atoms with Crippen molar-refractivity contribution in [2.45, 2.75) is 33.7 Å². The maximum atomic E-state index is 12.4. The van der Waals surface area contributed by atoms with Crippen LogP contribution < -0.4 is 5.32 Å².